The summed E-state index contributed by atoms with van der Waals surface area (Å²) >= 11 is 0. The van der Waals surface area contributed by atoms with Gasteiger partial charge in [-0.25, -0.2) is 9.37 Å². The number of nitrogens with zero attached hydrogens (tertiary/aromatic N) is 4. The van der Waals surface area contributed by atoms with Crippen molar-refractivity contribution in [2.75, 3.05) is 24.3 Å². The largest absolute Gasteiger partial charge is 0.463 e. The summed E-state index contributed by atoms with van der Waals surface area (Å²) in [6.07, 6.45) is 8.91. The molecule has 0 radical (unpaired) electrons. The molecule has 1 aliphatic heterocycles. The van der Waals surface area contributed by atoms with E-state index in [1.807, 2.05) is 0 Å². The minimum absolute atomic E-state index is 0.0601. The van der Waals surface area contributed by atoms with Gasteiger partial charge in [-0.1, -0.05) is 38.5 Å². The van der Waals surface area contributed by atoms with Crippen molar-refractivity contribution in [2.45, 2.75) is 115 Å². The molecule has 3 heterocycles. The Morgan fingerprint density at radius 3 is 2.33 bits per heavy atom. The van der Waals surface area contributed by atoms with Gasteiger partial charge in [-0.2, -0.15) is 9.97 Å². The fourth-order valence-electron chi connectivity index (χ4n) is 6.69. The maximum atomic E-state index is 16.8. The van der Waals surface area contributed by atoms with Crippen molar-refractivity contribution < 1.29 is 33.0 Å². The van der Waals surface area contributed by atoms with E-state index in [0.29, 0.717) is 23.7 Å². The first-order chi connectivity index (χ1) is 20.7. The fraction of sp³-hybridized carbons (Fsp3) is 0.733. The van der Waals surface area contributed by atoms with Crippen molar-refractivity contribution in [3.8, 4) is 0 Å². The topological polar surface area (TPSA) is 147 Å². The van der Waals surface area contributed by atoms with Crippen LogP contribution in [0.2, 0.25) is 0 Å². The van der Waals surface area contributed by atoms with E-state index in [1.165, 1.54) is 31.2 Å². The van der Waals surface area contributed by atoms with Gasteiger partial charge in [0.15, 0.2) is 35.0 Å². The van der Waals surface area contributed by atoms with Gasteiger partial charge in [0.2, 0.25) is 11.9 Å². The third-order valence-electron chi connectivity index (χ3n) is 8.93. The van der Waals surface area contributed by atoms with Gasteiger partial charge < -0.3 is 19.5 Å². The van der Waals surface area contributed by atoms with Crippen LogP contribution in [0.15, 0.2) is 6.33 Å². The van der Waals surface area contributed by atoms with Gasteiger partial charge >= 0.3 is 11.9 Å². The molecule has 0 spiro atoms. The SMILES string of the molecule is CNc1nc(NC(=O)CC2CCCCC2)nc2c1ncn2[C@@H]1O[C@H](COC(C)=O)[C@@H](OC(=O)CC2CCCCC2)[C@@]1(C)F. The number of carbonyl (C=O) groups is 3. The Labute approximate surface area is 250 Å². The number of aromatic nitrogens is 4. The van der Waals surface area contributed by atoms with Gasteiger partial charge in [-0.05, 0) is 44.4 Å². The van der Waals surface area contributed by atoms with Crippen LogP contribution in [-0.4, -0.2) is 68.9 Å². The van der Waals surface area contributed by atoms with Crippen LogP contribution in [0.25, 0.3) is 11.2 Å². The van der Waals surface area contributed by atoms with Crippen LogP contribution in [0.4, 0.5) is 16.2 Å². The number of esters is 2. The molecule has 4 atom stereocenters. The van der Waals surface area contributed by atoms with E-state index >= 15 is 4.39 Å². The summed E-state index contributed by atoms with van der Waals surface area (Å²) in [5, 5.41) is 5.76. The van der Waals surface area contributed by atoms with E-state index in [1.54, 1.807) is 7.05 Å². The average Bonchev–Trinajstić information content (AvgIpc) is 3.50. The predicted molar refractivity (Wildman–Crippen MR) is 156 cm³/mol. The Balaban J connectivity index is 1.39. The van der Waals surface area contributed by atoms with E-state index in [4.69, 9.17) is 14.2 Å². The van der Waals surface area contributed by atoms with Crippen LogP contribution >= 0.6 is 0 Å². The molecule has 1 amide bonds. The molecule has 0 bridgehead atoms. The maximum Gasteiger partial charge on any atom is 0.306 e. The van der Waals surface area contributed by atoms with Crippen LogP contribution in [0, 0.1) is 11.8 Å². The number of carbonyl (C=O) groups excluding carboxylic acids is 3. The molecule has 12 nitrogen and oxygen atoms in total. The lowest BCUT2D eigenvalue weighted by atomic mass is 9.87. The smallest absolute Gasteiger partial charge is 0.306 e. The molecule has 0 aromatic carbocycles. The normalized spacial score (nSPS) is 26.7. The van der Waals surface area contributed by atoms with Gasteiger partial charge in [-0.3, -0.25) is 24.3 Å². The molecule has 3 fully saturated rings. The van der Waals surface area contributed by atoms with E-state index in [2.05, 4.69) is 25.6 Å². The molecular formula is C30H43FN6O6. The summed E-state index contributed by atoms with van der Waals surface area (Å²) in [7, 11) is 1.66. The molecule has 5 rings (SSSR count). The van der Waals surface area contributed by atoms with Gasteiger partial charge in [0.05, 0.1) is 6.33 Å². The molecule has 13 heteroatoms. The molecule has 2 saturated carbocycles. The van der Waals surface area contributed by atoms with Crippen LogP contribution in [0.1, 0.15) is 97.1 Å². The Kier molecular flexibility index (Phi) is 9.78. The average molecular weight is 603 g/mol. The number of ether oxygens (including phenoxy) is 3. The minimum atomic E-state index is -2.24. The van der Waals surface area contributed by atoms with Gasteiger partial charge in [0, 0.05) is 26.8 Å². The third-order valence-corrected chi connectivity index (χ3v) is 8.93. The minimum Gasteiger partial charge on any atom is -0.463 e. The number of nitrogens with one attached hydrogen (secondary N) is 2. The molecule has 0 unspecified atom stereocenters. The Hall–Kier alpha value is -3.35. The first-order valence-electron chi connectivity index (χ1n) is 15.5. The lowest BCUT2D eigenvalue weighted by molar-refractivity contribution is -0.162. The fourth-order valence-corrected chi connectivity index (χ4v) is 6.69. The van der Waals surface area contributed by atoms with Crippen molar-refractivity contribution >= 4 is 40.8 Å². The molecule has 2 aromatic rings. The zero-order valence-corrected chi connectivity index (χ0v) is 25.3. The van der Waals surface area contributed by atoms with E-state index in [0.717, 1.165) is 57.8 Å². The number of anilines is 2. The second kappa shape index (κ2) is 13.5. The highest BCUT2D eigenvalue weighted by atomic mass is 19.1. The van der Waals surface area contributed by atoms with Gasteiger partial charge in [0.1, 0.15) is 12.7 Å². The number of rotatable bonds is 10. The predicted octanol–water partition coefficient (Wildman–Crippen LogP) is 4.85. The van der Waals surface area contributed by atoms with Gasteiger partial charge in [0.25, 0.3) is 0 Å². The first-order valence-corrected chi connectivity index (χ1v) is 15.5. The highest BCUT2D eigenvalue weighted by molar-refractivity contribution is 5.91. The van der Waals surface area contributed by atoms with Gasteiger partial charge in [-0.15, -0.1) is 0 Å². The molecule has 3 aliphatic rings. The number of halogens is 1. The quantitative estimate of drug-likeness (QED) is 0.362. The first kappa shape index (κ1) is 31.1. The molecule has 2 aromatic heterocycles. The summed E-state index contributed by atoms with van der Waals surface area (Å²) < 4.78 is 35.2. The summed E-state index contributed by atoms with van der Waals surface area (Å²) in [5.41, 5.74) is -1.67. The number of hydrogen-bond acceptors (Lipinski definition) is 10. The molecule has 2 N–H and O–H groups in total. The zero-order chi connectivity index (χ0) is 30.6. The summed E-state index contributed by atoms with van der Waals surface area (Å²) in [4.78, 5) is 50.8. The molecule has 43 heavy (non-hydrogen) atoms. The van der Waals surface area contributed by atoms with Crippen molar-refractivity contribution in [1.29, 1.82) is 0 Å². The van der Waals surface area contributed by atoms with Crippen molar-refractivity contribution in [3.05, 3.63) is 6.33 Å². The highest BCUT2D eigenvalue weighted by Crippen LogP contribution is 2.45. The Morgan fingerprint density at radius 1 is 1.05 bits per heavy atom. The Morgan fingerprint density at radius 2 is 1.70 bits per heavy atom. The summed E-state index contributed by atoms with van der Waals surface area (Å²) in [6, 6.07) is 0. The molecular weight excluding hydrogens is 559 g/mol. The monoisotopic (exact) mass is 602 g/mol. The highest BCUT2D eigenvalue weighted by Gasteiger charge is 2.58. The van der Waals surface area contributed by atoms with Crippen LogP contribution in [-0.2, 0) is 28.6 Å². The lowest BCUT2D eigenvalue weighted by Crippen LogP contribution is -2.44. The van der Waals surface area contributed by atoms with Crippen LogP contribution in [0.3, 0.4) is 0 Å². The molecule has 236 valence electrons. The standard InChI is InChI=1S/C30H43FN6O6/c1-18(38)41-16-21-25(43-23(40)15-20-12-8-5-9-13-20)30(2,31)28(42-21)37-17-33-24-26(32-3)35-29(36-27(24)37)34-22(39)14-19-10-6-4-7-11-19/h17,19-21,25,28H,4-16H2,1-3H3,(H2,32,34,35,36,39)/t21-,25-,28-,30-/m1/s1. The second-order valence-corrected chi connectivity index (χ2v) is 12.3. The van der Waals surface area contributed by atoms with Crippen LogP contribution in [0.5, 0.6) is 0 Å². The van der Waals surface area contributed by atoms with Crippen LogP contribution < -0.4 is 10.6 Å². The lowest BCUT2D eigenvalue weighted by Gasteiger charge is -2.28. The van der Waals surface area contributed by atoms with E-state index in [9.17, 15) is 14.4 Å². The third kappa shape index (κ3) is 7.25. The number of alkyl halides is 1. The summed E-state index contributed by atoms with van der Waals surface area (Å²) in [6.45, 7) is 2.25. The van der Waals surface area contributed by atoms with Crippen molar-refractivity contribution in [3.63, 3.8) is 0 Å². The molecule has 1 saturated heterocycles. The van der Waals surface area contributed by atoms with Crippen molar-refractivity contribution in [2.24, 2.45) is 11.8 Å². The number of amides is 1. The number of imidazole rings is 1. The summed E-state index contributed by atoms with van der Waals surface area (Å²) in [5.74, 6) is -0.301. The zero-order valence-electron chi connectivity index (χ0n) is 25.3. The Bertz CT molecular complexity index is 1310. The van der Waals surface area contributed by atoms with E-state index < -0.39 is 36.0 Å². The molecule has 2 aliphatic carbocycles. The number of hydrogen-bond donors (Lipinski definition) is 2. The second-order valence-electron chi connectivity index (χ2n) is 12.3. The maximum absolute atomic E-state index is 16.8. The van der Waals surface area contributed by atoms with E-state index in [-0.39, 0.29) is 36.4 Å². The van der Waals surface area contributed by atoms with Crippen molar-refractivity contribution in [1.82, 2.24) is 19.5 Å². The number of fused-ring (bicyclic) bond motifs is 1.